The van der Waals surface area contributed by atoms with Crippen molar-refractivity contribution in [1.82, 2.24) is 4.90 Å². The van der Waals surface area contributed by atoms with Crippen LogP contribution in [-0.4, -0.2) is 50.9 Å². The number of ether oxygens (including phenoxy) is 2. The Hall–Kier alpha value is -1.10. The molecule has 112 valence electrons. The Balaban J connectivity index is 1.85. The van der Waals surface area contributed by atoms with Crippen molar-refractivity contribution in [3.63, 3.8) is 0 Å². The fraction of sp³-hybridized carbons (Fsp3) is 0.625. The van der Waals surface area contributed by atoms with E-state index < -0.39 is 0 Å². The van der Waals surface area contributed by atoms with Gasteiger partial charge >= 0.3 is 0 Å². The van der Waals surface area contributed by atoms with Crippen molar-refractivity contribution in [1.29, 1.82) is 0 Å². The van der Waals surface area contributed by atoms with E-state index in [1.807, 2.05) is 12.1 Å². The fourth-order valence-electron chi connectivity index (χ4n) is 2.88. The molecule has 0 bridgehead atoms. The van der Waals surface area contributed by atoms with Gasteiger partial charge in [0.2, 0.25) is 0 Å². The second kappa shape index (κ2) is 7.62. The van der Waals surface area contributed by atoms with Gasteiger partial charge in [-0.25, -0.2) is 0 Å². The number of nitrogens with zero attached hydrogens (tertiary/aromatic N) is 1. The maximum absolute atomic E-state index is 5.90. The number of benzene rings is 1. The summed E-state index contributed by atoms with van der Waals surface area (Å²) in [5.41, 5.74) is 7.25. The second-order valence-electron chi connectivity index (χ2n) is 5.41. The minimum Gasteiger partial charge on any atom is -0.497 e. The van der Waals surface area contributed by atoms with Crippen molar-refractivity contribution in [3.8, 4) is 5.75 Å². The molecular weight excluding hydrogens is 252 g/mol. The molecule has 4 nitrogen and oxygen atoms in total. The topological polar surface area (TPSA) is 47.7 Å². The Kier molecular flexibility index (Phi) is 5.83. The van der Waals surface area contributed by atoms with E-state index in [9.17, 15) is 0 Å². The molecule has 0 aliphatic carbocycles. The van der Waals surface area contributed by atoms with Crippen LogP contribution in [0, 0.1) is 0 Å². The third-order valence-electron chi connectivity index (χ3n) is 4.24. The van der Waals surface area contributed by atoms with Crippen molar-refractivity contribution in [2.24, 2.45) is 5.73 Å². The predicted octanol–water partition coefficient (Wildman–Crippen LogP) is 1.68. The highest BCUT2D eigenvalue weighted by atomic mass is 16.5. The Labute approximate surface area is 121 Å². The van der Waals surface area contributed by atoms with Gasteiger partial charge in [-0.3, -0.25) is 4.90 Å². The highest BCUT2D eigenvalue weighted by Gasteiger charge is 2.26. The third-order valence-corrected chi connectivity index (χ3v) is 4.24. The monoisotopic (exact) mass is 278 g/mol. The lowest BCUT2D eigenvalue weighted by Crippen LogP contribution is -2.49. The quantitative estimate of drug-likeness (QED) is 0.860. The number of likely N-dealkylation sites (tertiary alicyclic amines) is 1. The molecule has 2 N–H and O–H groups in total. The van der Waals surface area contributed by atoms with E-state index in [4.69, 9.17) is 15.2 Å². The van der Waals surface area contributed by atoms with E-state index in [1.165, 1.54) is 5.56 Å². The van der Waals surface area contributed by atoms with Gasteiger partial charge in [0.15, 0.2) is 0 Å². The zero-order chi connectivity index (χ0) is 14.4. The SMILES string of the molecule is COc1ccc(CCN2CCC(OC)CC2CN)cc1. The molecule has 1 aromatic carbocycles. The smallest absolute Gasteiger partial charge is 0.118 e. The van der Waals surface area contributed by atoms with Crippen LogP contribution in [-0.2, 0) is 11.2 Å². The summed E-state index contributed by atoms with van der Waals surface area (Å²) in [7, 11) is 3.49. The first-order chi connectivity index (χ1) is 9.76. The maximum atomic E-state index is 5.90. The van der Waals surface area contributed by atoms with Crippen LogP contribution < -0.4 is 10.5 Å². The number of rotatable bonds is 6. The highest BCUT2D eigenvalue weighted by Crippen LogP contribution is 2.20. The van der Waals surface area contributed by atoms with Gasteiger partial charge in [0, 0.05) is 32.8 Å². The molecule has 2 unspecified atom stereocenters. The lowest BCUT2D eigenvalue weighted by molar-refractivity contribution is 0.0138. The summed E-state index contributed by atoms with van der Waals surface area (Å²) >= 11 is 0. The molecule has 0 amide bonds. The Morgan fingerprint density at radius 2 is 2.00 bits per heavy atom. The summed E-state index contributed by atoms with van der Waals surface area (Å²) in [6.07, 6.45) is 3.59. The van der Waals surface area contributed by atoms with Gasteiger partial charge in [-0.05, 0) is 37.0 Å². The standard InChI is InChI=1S/C16H26N2O2/c1-19-15-5-3-13(4-6-15)7-9-18-10-8-16(20-2)11-14(18)12-17/h3-6,14,16H,7-12,17H2,1-2H3. The Morgan fingerprint density at radius 1 is 1.25 bits per heavy atom. The molecule has 0 aromatic heterocycles. The van der Waals surface area contributed by atoms with Crippen molar-refractivity contribution < 1.29 is 9.47 Å². The Bertz CT molecular complexity index is 394. The largest absolute Gasteiger partial charge is 0.497 e. The summed E-state index contributed by atoms with van der Waals surface area (Å²) in [5, 5.41) is 0. The molecule has 1 fully saturated rings. The average Bonchev–Trinajstić information content (AvgIpc) is 2.53. The number of methoxy groups -OCH3 is 2. The van der Waals surface area contributed by atoms with Crippen LogP contribution in [0.4, 0.5) is 0 Å². The number of piperidine rings is 1. The third kappa shape index (κ3) is 3.95. The van der Waals surface area contributed by atoms with E-state index in [2.05, 4.69) is 17.0 Å². The average molecular weight is 278 g/mol. The van der Waals surface area contributed by atoms with Crippen molar-refractivity contribution >= 4 is 0 Å². The summed E-state index contributed by atoms with van der Waals surface area (Å²) in [5.74, 6) is 0.912. The molecule has 1 aliphatic rings. The first kappa shape index (κ1) is 15.3. The van der Waals surface area contributed by atoms with Gasteiger partial charge in [0.1, 0.15) is 5.75 Å². The van der Waals surface area contributed by atoms with Gasteiger partial charge < -0.3 is 15.2 Å². The van der Waals surface area contributed by atoms with Gasteiger partial charge in [-0.1, -0.05) is 12.1 Å². The summed E-state index contributed by atoms with van der Waals surface area (Å²) in [6.45, 7) is 2.85. The van der Waals surface area contributed by atoms with Gasteiger partial charge in [-0.2, -0.15) is 0 Å². The van der Waals surface area contributed by atoms with E-state index >= 15 is 0 Å². The van der Waals surface area contributed by atoms with Crippen LogP contribution in [0.1, 0.15) is 18.4 Å². The van der Waals surface area contributed by atoms with Crippen LogP contribution in [0.5, 0.6) is 5.75 Å². The lowest BCUT2D eigenvalue weighted by atomic mass is 9.98. The lowest BCUT2D eigenvalue weighted by Gasteiger charge is -2.38. The molecule has 0 spiro atoms. The molecule has 1 saturated heterocycles. The fourth-order valence-corrected chi connectivity index (χ4v) is 2.88. The minimum absolute atomic E-state index is 0.376. The zero-order valence-corrected chi connectivity index (χ0v) is 12.5. The first-order valence-electron chi connectivity index (χ1n) is 7.36. The molecule has 1 heterocycles. The van der Waals surface area contributed by atoms with Crippen molar-refractivity contribution in [3.05, 3.63) is 29.8 Å². The predicted molar refractivity (Wildman–Crippen MR) is 81.1 cm³/mol. The summed E-state index contributed by atoms with van der Waals surface area (Å²) in [6, 6.07) is 8.77. The number of nitrogens with two attached hydrogens (primary N) is 1. The first-order valence-corrected chi connectivity index (χ1v) is 7.36. The number of hydrogen-bond donors (Lipinski definition) is 1. The van der Waals surface area contributed by atoms with Crippen LogP contribution >= 0.6 is 0 Å². The summed E-state index contributed by atoms with van der Waals surface area (Å²) in [4.78, 5) is 2.50. The molecule has 4 heteroatoms. The molecular formula is C16H26N2O2. The van der Waals surface area contributed by atoms with Gasteiger partial charge in [0.05, 0.1) is 13.2 Å². The molecule has 1 aromatic rings. The molecule has 2 rings (SSSR count). The molecule has 1 aliphatic heterocycles. The highest BCUT2D eigenvalue weighted by molar-refractivity contribution is 5.27. The molecule has 20 heavy (non-hydrogen) atoms. The van der Waals surface area contributed by atoms with Crippen molar-refractivity contribution in [2.45, 2.75) is 31.4 Å². The van der Waals surface area contributed by atoms with Gasteiger partial charge in [0.25, 0.3) is 0 Å². The van der Waals surface area contributed by atoms with Crippen LogP contribution in [0.25, 0.3) is 0 Å². The Morgan fingerprint density at radius 3 is 2.60 bits per heavy atom. The van der Waals surface area contributed by atoms with E-state index in [-0.39, 0.29) is 0 Å². The van der Waals surface area contributed by atoms with Crippen LogP contribution in [0.3, 0.4) is 0 Å². The van der Waals surface area contributed by atoms with Gasteiger partial charge in [-0.15, -0.1) is 0 Å². The van der Waals surface area contributed by atoms with E-state index in [0.717, 1.165) is 38.1 Å². The minimum atomic E-state index is 0.376. The van der Waals surface area contributed by atoms with E-state index in [0.29, 0.717) is 18.7 Å². The number of hydrogen-bond acceptors (Lipinski definition) is 4. The maximum Gasteiger partial charge on any atom is 0.118 e. The van der Waals surface area contributed by atoms with Crippen molar-refractivity contribution in [2.75, 3.05) is 33.9 Å². The molecule has 0 radical (unpaired) electrons. The summed E-state index contributed by atoms with van der Waals surface area (Å²) < 4.78 is 10.6. The zero-order valence-electron chi connectivity index (χ0n) is 12.5. The van der Waals surface area contributed by atoms with Crippen LogP contribution in [0.2, 0.25) is 0 Å². The van der Waals surface area contributed by atoms with Crippen LogP contribution in [0.15, 0.2) is 24.3 Å². The second-order valence-corrected chi connectivity index (χ2v) is 5.41. The normalized spacial score (nSPS) is 23.8. The molecule has 0 saturated carbocycles. The van der Waals surface area contributed by atoms with E-state index in [1.54, 1.807) is 14.2 Å². The molecule has 2 atom stereocenters.